The van der Waals surface area contributed by atoms with Crippen LogP contribution in [-0.2, 0) is 6.18 Å². The molecule has 0 aliphatic heterocycles. The molecule has 0 unspecified atom stereocenters. The molecule has 3 aromatic rings. The van der Waals surface area contributed by atoms with Gasteiger partial charge in [-0.2, -0.15) is 13.2 Å². The molecule has 0 saturated carbocycles. The molecule has 1 heterocycles. The molecule has 1 N–H and O–H groups in total. The molecule has 2 aromatic carbocycles. The summed E-state index contributed by atoms with van der Waals surface area (Å²) >= 11 is 0. The monoisotopic (exact) mass is 275 g/mol. The van der Waals surface area contributed by atoms with Gasteiger partial charge in [0.2, 0.25) is 0 Å². The third kappa shape index (κ3) is 2.15. The predicted molar refractivity (Wildman–Crippen MR) is 71.0 cm³/mol. The molecule has 20 heavy (non-hydrogen) atoms. The van der Waals surface area contributed by atoms with Crippen LogP contribution in [0.25, 0.3) is 22.2 Å². The highest BCUT2D eigenvalue weighted by Crippen LogP contribution is 2.35. The van der Waals surface area contributed by atoms with Crippen molar-refractivity contribution in [2.45, 2.75) is 6.18 Å². The van der Waals surface area contributed by atoms with E-state index in [1.807, 2.05) is 0 Å². The zero-order valence-electron chi connectivity index (χ0n) is 10.3. The Hall–Kier alpha value is -2.30. The first-order chi connectivity index (χ1) is 9.45. The van der Waals surface area contributed by atoms with Crippen molar-refractivity contribution in [2.75, 3.05) is 0 Å². The molecule has 1 aromatic heterocycles. The second kappa shape index (κ2) is 4.37. The van der Waals surface area contributed by atoms with Crippen molar-refractivity contribution in [3.63, 3.8) is 0 Å². The maximum Gasteiger partial charge on any atom is 0.416 e. The molecule has 1 radical (unpaired) electrons. The summed E-state index contributed by atoms with van der Waals surface area (Å²) in [4.78, 5) is 7.05. The maximum atomic E-state index is 12.9. The quantitative estimate of drug-likeness (QED) is 0.699. The normalized spacial score (nSPS) is 12.0. The number of rotatable bonds is 1. The minimum atomic E-state index is -4.40. The highest BCUT2D eigenvalue weighted by Gasteiger charge is 2.32. The molecule has 0 aliphatic carbocycles. The molecule has 101 valence electrons. The predicted octanol–water partition coefficient (Wildman–Crippen LogP) is 4.43. The van der Waals surface area contributed by atoms with Crippen LogP contribution in [0.5, 0.6) is 0 Å². The summed E-state index contributed by atoms with van der Waals surface area (Å²) < 4.78 is 38.7. The van der Waals surface area contributed by atoms with E-state index in [1.165, 1.54) is 6.07 Å². The lowest BCUT2D eigenvalue weighted by molar-refractivity contribution is -0.137. The van der Waals surface area contributed by atoms with Gasteiger partial charge in [0.15, 0.2) is 0 Å². The van der Waals surface area contributed by atoms with Crippen molar-refractivity contribution in [2.24, 2.45) is 0 Å². The SMILES string of the molecule is [CH2]c1ccc(-c2ccc3[nH]cnc3c2)cc1C(F)(F)F. The smallest absolute Gasteiger partial charge is 0.345 e. The van der Waals surface area contributed by atoms with E-state index in [-0.39, 0.29) is 5.56 Å². The number of hydrogen-bond donors (Lipinski definition) is 1. The molecule has 0 aliphatic rings. The van der Waals surface area contributed by atoms with Crippen LogP contribution in [0.3, 0.4) is 0 Å². The summed E-state index contributed by atoms with van der Waals surface area (Å²) in [6.45, 7) is 3.43. The van der Waals surface area contributed by atoms with Crippen molar-refractivity contribution in [1.82, 2.24) is 9.97 Å². The van der Waals surface area contributed by atoms with Gasteiger partial charge in [0.05, 0.1) is 22.9 Å². The van der Waals surface area contributed by atoms with Gasteiger partial charge in [-0.05, 0) is 41.8 Å². The number of hydrogen-bond acceptors (Lipinski definition) is 1. The fourth-order valence-corrected chi connectivity index (χ4v) is 2.13. The van der Waals surface area contributed by atoms with Crippen LogP contribution >= 0.6 is 0 Å². The van der Waals surface area contributed by atoms with Crippen molar-refractivity contribution in [3.05, 3.63) is 60.8 Å². The number of fused-ring (bicyclic) bond motifs is 1. The van der Waals surface area contributed by atoms with E-state index >= 15 is 0 Å². The number of halogens is 3. The Morgan fingerprint density at radius 3 is 2.45 bits per heavy atom. The molecule has 0 amide bonds. The van der Waals surface area contributed by atoms with Gasteiger partial charge in [0.1, 0.15) is 0 Å². The Bertz CT molecular complexity index is 772. The fourth-order valence-electron chi connectivity index (χ4n) is 2.13. The van der Waals surface area contributed by atoms with Crippen molar-refractivity contribution < 1.29 is 13.2 Å². The lowest BCUT2D eigenvalue weighted by Crippen LogP contribution is -2.07. The van der Waals surface area contributed by atoms with E-state index in [0.717, 1.165) is 17.1 Å². The minimum absolute atomic E-state index is 0.0258. The lowest BCUT2D eigenvalue weighted by Gasteiger charge is -2.12. The first-order valence-electron chi connectivity index (χ1n) is 5.92. The highest BCUT2D eigenvalue weighted by molar-refractivity contribution is 5.81. The number of aromatic amines is 1. The van der Waals surface area contributed by atoms with Gasteiger partial charge in [0.25, 0.3) is 0 Å². The average Bonchev–Trinajstić information content (AvgIpc) is 2.85. The molecule has 0 spiro atoms. The number of nitrogens with zero attached hydrogens (tertiary/aromatic N) is 1. The van der Waals surface area contributed by atoms with Gasteiger partial charge in [-0.1, -0.05) is 18.2 Å². The number of alkyl halides is 3. The molecule has 2 nitrogen and oxygen atoms in total. The second-order valence-electron chi connectivity index (χ2n) is 4.50. The van der Waals surface area contributed by atoms with E-state index in [2.05, 4.69) is 16.9 Å². The fraction of sp³-hybridized carbons (Fsp3) is 0.0667. The molecule has 3 rings (SSSR count). The van der Waals surface area contributed by atoms with E-state index in [0.29, 0.717) is 11.1 Å². The van der Waals surface area contributed by atoms with Crippen LogP contribution < -0.4 is 0 Å². The zero-order valence-corrected chi connectivity index (χ0v) is 10.3. The van der Waals surface area contributed by atoms with Crippen LogP contribution in [-0.4, -0.2) is 9.97 Å². The van der Waals surface area contributed by atoms with Crippen LogP contribution in [0, 0.1) is 6.92 Å². The third-order valence-electron chi connectivity index (χ3n) is 3.17. The van der Waals surface area contributed by atoms with E-state index in [4.69, 9.17) is 0 Å². The van der Waals surface area contributed by atoms with Crippen LogP contribution in [0.4, 0.5) is 13.2 Å². The summed E-state index contributed by atoms with van der Waals surface area (Å²) in [5.74, 6) is 0. The molecule has 0 saturated heterocycles. The number of benzene rings is 2. The third-order valence-corrected chi connectivity index (χ3v) is 3.17. The standard InChI is InChI=1S/C15H10F3N2/c1-9-2-3-10(6-12(9)15(16,17)18)11-4-5-13-14(7-11)20-8-19-13/h2-8H,1H2,(H,19,20). The van der Waals surface area contributed by atoms with Gasteiger partial charge in [-0.15, -0.1) is 0 Å². The molecule has 5 heteroatoms. The lowest BCUT2D eigenvalue weighted by atomic mass is 9.99. The maximum absolute atomic E-state index is 12.9. The molecule has 0 fully saturated rings. The first kappa shape index (κ1) is 12.7. The van der Waals surface area contributed by atoms with E-state index in [1.54, 1.807) is 30.6 Å². The first-order valence-corrected chi connectivity index (χ1v) is 5.92. The van der Waals surface area contributed by atoms with E-state index < -0.39 is 11.7 Å². The zero-order chi connectivity index (χ0) is 14.3. The topological polar surface area (TPSA) is 28.7 Å². The Balaban J connectivity index is 2.14. The summed E-state index contributed by atoms with van der Waals surface area (Å²) in [6, 6.07) is 9.44. The van der Waals surface area contributed by atoms with Crippen LogP contribution in [0.15, 0.2) is 42.7 Å². The Morgan fingerprint density at radius 1 is 1.00 bits per heavy atom. The molecular weight excluding hydrogens is 265 g/mol. The molecule has 0 bridgehead atoms. The van der Waals surface area contributed by atoms with Crippen LogP contribution in [0.2, 0.25) is 0 Å². The minimum Gasteiger partial charge on any atom is -0.345 e. The number of H-pyrrole nitrogens is 1. The Kier molecular flexibility index (Phi) is 2.78. The Labute approximate surface area is 113 Å². The summed E-state index contributed by atoms with van der Waals surface area (Å²) in [6.07, 6.45) is -2.85. The van der Waals surface area contributed by atoms with Crippen molar-refractivity contribution in [3.8, 4) is 11.1 Å². The average molecular weight is 275 g/mol. The van der Waals surface area contributed by atoms with Gasteiger partial charge in [-0.25, -0.2) is 4.98 Å². The second-order valence-corrected chi connectivity index (χ2v) is 4.50. The van der Waals surface area contributed by atoms with Crippen molar-refractivity contribution in [1.29, 1.82) is 0 Å². The summed E-state index contributed by atoms with van der Waals surface area (Å²) in [5, 5.41) is 0. The Morgan fingerprint density at radius 2 is 1.70 bits per heavy atom. The number of imidazole rings is 1. The van der Waals surface area contributed by atoms with Crippen LogP contribution in [0.1, 0.15) is 11.1 Å². The van der Waals surface area contributed by atoms with Gasteiger partial charge < -0.3 is 4.98 Å². The molecular formula is C15H10F3N2. The van der Waals surface area contributed by atoms with Gasteiger partial charge in [-0.3, -0.25) is 0 Å². The number of nitrogens with one attached hydrogen (secondary N) is 1. The van der Waals surface area contributed by atoms with Gasteiger partial charge >= 0.3 is 6.18 Å². The van der Waals surface area contributed by atoms with Gasteiger partial charge in [0, 0.05) is 0 Å². The van der Waals surface area contributed by atoms with Crippen molar-refractivity contribution >= 4 is 11.0 Å². The number of aromatic nitrogens is 2. The highest BCUT2D eigenvalue weighted by atomic mass is 19.4. The van der Waals surface area contributed by atoms with E-state index in [9.17, 15) is 13.2 Å². The molecule has 0 atom stereocenters. The summed E-state index contributed by atoms with van der Waals surface area (Å²) in [5.41, 5.74) is 2.01. The summed E-state index contributed by atoms with van der Waals surface area (Å²) in [7, 11) is 0. The largest absolute Gasteiger partial charge is 0.416 e.